The second kappa shape index (κ2) is 7.97. The number of nitrogens with two attached hydrogens (primary N) is 1. The fraction of sp³-hybridized carbons (Fsp3) is 0.273. The highest BCUT2D eigenvalue weighted by Crippen LogP contribution is 2.42. The van der Waals surface area contributed by atoms with E-state index in [0.717, 1.165) is 36.0 Å². The van der Waals surface area contributed by atoms with E-state index in [-0.39, 0.29) is 11.8 Å². The first kappa shape index (κ1) is 20.2. The van der Waals surface area contributed by atoms with Crippen LogP contribution in [0.4, 0.5) is 5.69 Å². The first-order valence-corrected chi connectivity index (χ1v) is 9.91. The highest BCUT2D eigenvalue weighted by atomic mass is 16.4. The molecule has 1 aliphatic rings. The normalized spacial score (nSPS) is 15.4. The number of anilines is 1. The van der Waals surface area contributed by atoms with Crippen molar-refractivity contribution in [3.63, 3.8) is 0 Å². The maximum Gasteiger partial charge on any atom is 0.488 e. The summed E-state index contributed by atoms with van der Waals surface area (Å²) in [6.07, 6.45) is 1.92. The summed E-state index contributed by atoms with van der Waals surface area (Å²) < 4.78 is 5.48. The molecule has 0 fully saturated rings. The average Bonchev–Trinajstić information content (AvgIpc) is 3.00. The first-order chi connectivity index (χ1) is 14.3. The summed E-state index contributed by atoms with van der Waals surface area (Å²) >= 11 is 0. The van der Waals surface area contributed by atoms with Gasteiger partial charge in [0.25, 0.3) is 0 Å². The maximum atomic E-state index is 12.2. The SMILES string of the molecule is CN1CC(CCCC(N)=O)c2cc3c(-c4cccc(B(O)O)c4)cc(=O)oc3cc21. The first-order valence-electron chi connectivity index (χ1n) is 9.91. The van der Waals surface area contributed by atoms with Crippen LogP contribution in [0.1, 0.15) is 30.7 Å². The molecule has 1 aliphatic heterocycles. The molecule has 4 N–H and O–H groups in total. The minimum absolute atomic E-state index is 0.249. The quantitative estimate of drug-likeness (QED) is 0.420. The molecule has 30 heavy (non-hydrogen) atoms. The van der Waals surface area contributed by atoms with Gasteiger partial charge in [-0.2, -0.15) is 0 Å². The molecular weight excluding hydrogens is 383 g/mol. The topological polar surface area (TPSA) is 117 Å². The van der Waals surface area contributed by atoms with E-state index in [9.17, 15) is 19.6 Å². The molecule has 1 aromatic heterocycles. The van der Waals surface area contributed by atoms with Crippen LogP contribution in [0, 0.1) is 0 Å². The Hall–Kier alpha value is -3.10. The average molecular weight is 406 g/mol. The lowest BCUT2D eigenvalue weighted by Crippen LogP contribution is -2.29. The van der Waals surface area contributed by atoms with Gasteiger partial charge in [0, 0.05) is 49.1 Å². The largest absolute Gasteiger partial charge is 0.488 e. The van der Waals surface area contributed by atoms with Gasteiger partial charge in [-0.25, -0.2) is 4.79 Å². The Bertz CT molecular complexity index is 1170. The van der Waals surface area contributed by atoms with Crippen LogP contribution in [0.3, 0.4) is 0 Å². The zero-order chi connectivity index (χ0) is 21.4. The van der Waals surface area contributed by atoms with E-state index in [0.29, 0.717) is 28.6 Å². The van der Waals surface area contributed by atoms with Gasteiger partial charge in [-0.3, -0.25) is 4.79 Å². The number of nitrogens with zero attached hydrogens (tertiary/aromatic N) is 1. The molecule has 0 saturated carbocycles. The highest BCUT2D eigenvalue weighted by Gasteiger charge is 2.28. The number of fused-ring (bicyclic) bond motifs is 2. The highest BCUT2D eigenvalue weighted by molar-refractivity contribution is 6.58. The van der Waals surface area contributed by atoms with E-state index in [1.54, 1.807) is 18.2 Å². The van der Waals surface area contributed by atoms with Crippen LogP contribution in [0.15, 0.2) is 51.7 Å². The Morgan fingerprint density at radius 1 is 1.27 bits per heavy atom. The molecule has 4 rings (SSSR count). The standard InChI is InChI=1S/C22H23BN2O5/c1-25-12-14(5-3-7-21(24)26)17-9-18-16(10-22(27)30-20(18)11-19(17)25)13-4-2-6-15(8-13)23(28)29/h2,4,6,8-11,14,28-29H,3,5,7,12H2,1H3,(H2,24,26). The number of primary amides is 1. The van der Waals surface area contributed by atoms with Crippen molar-refractivity contribution < 1.29 is 19.3 Å². The lowest BCUT2D eigenvalue weighted by atomic mass is 9.79. The van der Waals surface area contributed by atoms with Crippen LogP contribution in [0.5, 0.6) is 0 Å². The second-order valence-electron chi connectivity index (χ2n) is 7.82. The zero-order valence-electron chi connectivity index (χ0n) is 16.7. The Morgan fingerprint density at radius 2 is 2.07 bits per heavy atom. The Labute approximate surface area is 173 Å². The molecule has 154 valence electrons. The van der Waals surface area contributed by atoms with Crippen LogP contribution in [-0.2, 0) is 4.79 Å². The number of benzene rings is 2. The van der Waals surface area contributed by atoms with Gasteiger partial charge in [0.2, 0.25) is 5.91 Å². The van der Waals surface area contributed by atoms with Gasteiger partial charge < -0.3 is 25.1 Å². The molecule has 1 atom stereocenters. The fourth-order valence-corrected chi connectivity index (χ4v) is 4.27. The van der Waals surface area contributed by atoms with E-state index in [1.165, 1.54) is 6.07 Å². The molecule has 8 heteroatoms. The lowest BCUT2D eigenvalue weighted by molar-refractivity contribution is -0.118. The van der Waals surface area contributed by atoms with E-state index >= 15 is 0 Å². The van der Waals surface area contributed by atoms with Crippen LogP contribution in [0.2, 0.25) is 0 Å². The molecule has 7 nitrogen and oxygen atoms in total. The van der Waals surface area contributed by atoms with Crippen molar-refractivity contribution in [3.05, 3.63) is 58.4 Å². The number of hydrogen-bond donors (Lipinski definition) is 3. The molecule has 0 aliphatic carbocycles. The van der Waals surface area contributed by atoms with Gasteiger partial charge in [-0.15, -0.1) is 0 Å². The molecule has 2 aromatic carbocycles. The third kappa shape index (κ3) is 3.84. The van der Waals surface area contributed by atoms with E-state index in [4.69, 9.17) is 10.2 Å². The third-order valence-corrected chi connectivity index (χ3v) is 5.71. The predicted octanol–water partition coefficient (Wildman–Crippen LogP) is 1.33. The van der Waals surface area contributed by atoms with Crippen LogP contribution in [-0.4, -0.2) is 36.7 Å². The van der Waals surface area contributed by atoms with Gasteiger partial charge in [-0.05, 0) is 41.1 Å². The van der Waals surface area contributed by atoms with Crippen LogP contribution in [0.25, 0.3) is 22.1 Å². The Kier molecular flexibility index (Phi) is 5.36. The van der Waals surface area contributed by atoms with Gasteiger partial charge in [0.05, 0.1) is 0 Å². The third-order valence-electron chi connectivity index (χ3n) is 5.71. The number of carbonyl (C=O) groups excluding carboxylic acids is 1. The van der Waals surface area contributed by atoms with Crippen molar-refractivity contribution in [1.29, 1.82) is 0 Å². The van der Waals surface area contributed by atoms with Crippen molar-refractivity contribution in [2.45, 2.75) is 25.2 Å². The molecule has 0 spiro atoms. The maximum absolute atomic E-state index is 12.2. The fourth-order valence-electron chi connectivity index (χ4n) is 4.27. The van der Waals surface area contributed by atoms with Gasteiger partial charge in [0.15, 0.2) is 0 Å². The number of hydrogen-bond acceptors (Lipinski definition) is 6. The number of amides is 1. The van der Waals surface area contributed by atoms with E-state index in [2.05, 4.69) is 4.90 Å². The molecule has 0 bridgehead atoms. The Morgan fingerprint density at radius 3 is 2.80 bits per heavy atom. The monoisotopic (exact) mass is 406 g/mol. The van der Waals surface area contributed by atoms with Gasteiger partial charge >= 0.3 is 12.7 Å². The molecule has 1 unspecified atom stereocenters. The molecule has 2 heterocycles. The Balaban J connectivity index is 1.82. The molecule has 0 radical (unpaired) electrons. The number of carbonyl (C=O) groups is 1. The second-order valence-corrected chi connectivity index (χ2v) is 7.82. The number of rotatable bonds is 6. The van der Waals surface area contributed by atoms with Crippen molar-refractivity contribution >= 4 is 35.1 Å². The van der Waals surface area contributed by atoms with Crippen molar-refractivity contribution in [2.24, 2.45) is 5.73 Å². The molecule has 1 amide bonds. The van der Waals surface area contributed by atoms with Crippen molar-refractivity contribution in [3.8, 4) is 11.1 Å². The number of likely N-dealkylation sites (N-methyl/N-ethyl adjacent to an activating group) is 1. The summed E-state index contributed by atoms with van der Waals surface area (Å²) in [6, 6.07) is 12.2. The zero-order valence-corrected chi connectivity index (χ0v) is 16.7. The minimum Gasteiger partial charge on any atom is -0.423 e. The minimum atomic E-state index is -1.59. The molecule has 3 aromatic rings. The van der Waals surface area contributed by atoms with Crippen molar-refractivity contribution in [2.75, 3.05) is 18.5 Å². The summed E-state index contributed by atoms with van der Waals surface area (Å²) in [5.74, 6) is -0.0470. The van der Waals surface area contributed by atoms with E-state index in [1.807, 2.05) is 25.2 Å². The van der Waals surface area contributed by atoms with Crippen molar-refractivity contribution in [1.82, 2.24) is 0 Å². The van der Waals surface area contributed by atoms with Gasteiger partial charge in [0.1, 0.15) is 5.58 Å². The summed E-state index contributed by atoms with van der Waals surface area (Å²) in [5, 5.41) is 19.8. The van der Waals surface area contributed by atoms with Crippen LogP contribution >= 0.6 is 0 Å². The lowest BCUT2D eigenvalue weighted by Gasteiger charge is -2.13. The summed E-state index contributed by atoms with van der Waals surface area (Å²) in [7, 11) is 0.399. The van der Waals surface area contributed by atoms with E-state index < -0.39 is 12.7 Å². The summed E-state index contributed by atoms with van der Waals surface area (Å²) in [4.78, 5) is 25.4. The smallest absolute Gasteiger partial charge is 0.423 e. The van der Waals surface area contributed by atoms with Gasteiger partial charge in [-0.1, -0.05) is 24.3 Å². The summed E-state index contributed by atoms with van der Waals surface area (Å²) in [5.41, 5.74) is 9.17. The molecular formula is C22H23BN2O5. The summed E-state index contributed by atoms with van der Waals surface area (Å²) in [6.45, 7) is 0.816. The van der Waals surface area contributed by atoms with Crippen LogP contribution < -0.4 is 21.7 Å². The predicted molar refractivity (Wildman–Crippen MR) is 117 cm³/mol. The molecule has 0 saturated heterocycles.